The highest BCUT2D eigenvalue weighted by Gasteiger charge is 2.30. The highest BCUT2D eigenvalue weighted by atomic mass is 35.5. The fraction of sp³-hybridized carbons (Fsp3) is 0.0714. The fourth-order valence-corrected chi connectivity index (χ4v) is 2.26. The highest BCUT2D eigenvalue weighted by Crippen LogP contribution is 2.35. The quantitative estimate of drug-likeness (QED) is 0.586. The van der Waals surface area contributed by atoms with Crippen LogP contribution in [-0.2, 0) is 6.18 Å². The Balaban J connectivity index is 2.13. The molecule has 0 bridgehead atoms. The van der Waals surface area contributed by atoms with Crippen molar-refractivity contribution < 1.29 is 18.0 Å². The molecule has 0 fully saturated rings. The largest absolute Gasteiger partial charge is 0.416 e. The van der Waals surface area contributed by atoms with Crippen molar-refractivity contribution in [1.82, 2.24) is 0 Å². The van der Waals surface area contributed by atoms with Gasteiger partial charge in [0.25, 0.3) is 0 Å². The van der Waals surface area contributed by atoms with Gasteiger partial charge in [-0.1, -0.05) is 40.9 Å². The number of carbonyl (C=O) groups excluding carboxylic acids is 1. The van der Waals surface area contributed by atoms with Crippen LogP contribution >= 0.6 is 34.8 Å². The molecule has 2 N–H and O–H groups in total. The van der Waals surface area contributed by atoms with Crippen molar-refractivity contribution in [3.63, 3.8) is 0 Å². The van der Waals surface area contributed by atoms with Gasteiger partial charge in [0, 0.05) is 5.69 Å². The van der Waals surface area contributed by atoms with Crippen LogP contribution in [-0.4, -0.2) is 6.03 Å². The number of urea groups is 1. The topological polar surface area (TPSA) is 41.1 Å². The third kappa shape index (κ3) is 4.43. The van der Waals surface area contributed by atoms with Crippen LogP contribution in [0.4, 0.5) is 29.3 Å². The van der Waals surface area contributed by atoms with E-state index >= 15 is 0 Å². The predicted molar refractivity (Wildman–Crippen MR) is 85.6 cm³/mol. The Labute approximate surface area is 144 Å². The molecule has 0 aliphatic carbocycles. The van der Waals surface area contributed by atoms with Gasteiger partial charge in [0.05, 0.1) is 26.3 Å². The number of anilines is 2. The summed E-state index contributed by atoms with van der Waals surface area (Å²) in [4.78, 5) is 11.9. The summed E-state index contributed by atoms with van der Waals surface area (Å²) in [5.41, 5.74) is -0.720. The molecule has 2 aromatic rings. The molecule has 0 spiro atoms. The van der Waals surface area contributed by atoms with Crippen LogP contribution in [0.1, 0.15) is 5.56 Å². The van der Waals surface area contributed by atoms with Crippen molar-refractivity contribution in [3.05, 3.63) is 57.0 Å². The molecule has 0 saturated carbocycles. The predicted octanol–water partition coefficient (Wildman–Crippen LogP) is 6.31. The van der Waals surface area contributed by atoms with E-state index < -0.39 is 17.8 Å². The Morgan fingerprint density at radius 1 is 0.957 bits per heavy atom. The normalized spacial score (nSPS) is 11.2. The van der Waals surface area contributed by atoms with Crippen molar-refractivity contribution in [2.75, 3.05) is 10.6 Å². The van der Waals surface area contributed by atoms with Gasteiger partial charge < -0.3 is 10.6 Å². The van der Waals surface area contributed by atoms with E-state index in [1.54, 1.807) is 0 Å². The van der Waals surface area contributed by atoms with Crippen LogP contribution in [0.5, 0.6) is 0 Å². The van der Waals surface area contributed by atoms with Gasteiger partial charge in [-0.25, -0.2) is 4.79 Å². The summed E-state index contributed by atoms with van der Waals surface area (Å²) in [6, 6.07) is 6.30. The number of hydrogen-bond donors (Lipinski definition) is 2. The second kappa shape index (κ2) is 6.86. The van der Waals surface area contributed by atoms with Crippen LogP contribution in [0.15, 0.2) is 36.4 Å². The molecule has 3 nitrogen and oxygen atoms in total. The molecule has 2 aromatic carbocycles. The van der Waals surface area contributed by atoms with Crippen LogP contribution in [0.2, 0.25) is 15.1 Å². The number of nitrogens with one attached hydrogen (secondary N) is 2. The molecule has 0 unspecified atom stereocenters. The molecule has 0 saturated heterocycles. The lowest BCUT2D eigenvalue weighted by Gasteiger charge is -2.12. The van der Waals surface area contributed by atoms with E-state index in [2.05, 4.69) is 10.6 Å². The van der Waals surface area contributed by atoms with E-state index in [0.717, 1.165) is 12.1 Å². The zero-order valence-corrected chi connectivity index (χ0v) is 13.4. The molecule has 2 amide bonds. The summed E-state index contributed by atoms with van der Waals surface area (Å²) >= 11 is 17.5. The van der Waals surface area contributed by atoms with Gasteiger partial charge in [-0.2, -0.15) is 13.2 Å². The number of halogens is 6. The zero-order valence-electron chi connectivity index (χ0n) is 11.1. The first kappa shape index (κ1) is 17.7. The molecule has 0 aliphatic rings. The fourth-order valence-electron chi connectivity index (χ4n) is 1.68. The number of benzene rings is 2. The van der Waals surface area contributed by atoms with Gasteiger partial charge in [0.1, 0.15) is 0 Å². The van der Waals surface area contributed by atoms with E-state index in [0.29, 0.717) is 0 Å². The van der Waals surface area contributed by atoms with Crippen molar-refractivity contribution >= 4 is 52.2 Å². The van der Waals surface area contributed by atoms with E-state index in [1.807, 2.05) is 0 Å². The maximum Gasteiger partial charge on any atom is 0.416 e. The molecule has 0 aliphatic heterocycles. The van der Waals surface area contributed by atoms with E-state index in [-0.39, 0.29) is 26.4 Å². The average Bonchev–Trinajstić information content (AvgIpc) is 2.47. The van der Waals surface area contributed by atoms with E-state index in [1.165, 1.54) is 24.3 Å². The van der Waals surface area contributed by atoms with Gasteiger partial charge in [0.2, 0.25) is 0 Å². The molecule has 9 heteroatoms. The van der Waals surface area contributed by atoms with Crippen LogP contribution < -0.4 is 10.6 Å². The van der Waals surface area contributed by atoms with Gasteiger partial charge in [-0.05, 0) is 30.3 Å². The molecule has 0 heterocycles. The summed E-state index contributed by atoms with van der Waals surface area (Å²) in [5, 5.41) is 4.95. The number of amides is 2. The highest BCUT2D eigenvalue weighted by molar-refractivity contribution is 6.49. The number of rotatable bonds is 2. The Kier molecular flexibility index (Phi) is 5.29. The third-order valence-electron chi connectivity index (χ3n) is 2.73. The van der Waals surface area contributed by atoms with E-state index in [9.17, 15) is 18.0 Å². The Morgan fingerprint density at radius 3 is 2.30 bits per heavy atom. The van der Waals surface area contributed by atoms with Crippen LogP contribution in [0, 0.1) is 0 Å². The van der Waals surface area contributed by atoms with Crippen LogP contribution in [0.25, 0.3) is 0 Å². The maximum absolute atomic E-state index is 12.6. The monoisotopic (exact) mass is 382 g/mol. The molecule has 0 atom stereocenters. The maximum atomic E-state index is 12.6. The minimum Gasteiger partial charge on any atom is -0.308 e. The summed E-state index contributed by atoms with van der Waals surface area (Å²) in [7, 11) is 0. The minimum atomic E-state index is -4.50. The lowest BCUT2D eigenvalue weighted by molar-refractivity contribution is -0.137. The van der Waals surface area contributed by atoms with Gasteiger partial charge in [-0.3, -0.25) is 0 Å². The lowest BCUT2D eigenvalue weighted by Crippen LogP contribution is -2.20. The molecule has 122 valence electrons. The second-order valence-electron chi connectivity index (χ2n) is 4.38. The van der Waals surface area contributed by atoms with Crippen molar-refractivity contribution in [1.29, 1.82) is 0 Å². The molecule has 0 radical (unpaired) electrons. The summed E-state index contributed by atoms with van der Waals surface area (Å²) < 4.78 is 37.8. The number of carbonyl (C=O) groups is 1. The van der Waals surface area contributed by atoms with Gasteiger partial charge in [0.15, 0.2) is 0 Å². The minimum absolute atomic E-state index is 0.0199. The molecule has 0 aromatic heterocycles. The van der Waals surface area contributed by atoms with Crippen molar-refractivity contribution in [2.24, 2.45) is 0 Å². The molecular formula is C14H8Cl3F3N2O. The first-order valence-electron chi connectivity index (χ1n) is 6.07. The average molecular weight is 384 g/mol. The van der Waals surface area contributed by atoms with Gasteiger partial charge >= 0.3 is 12.2 Å². The molecule has 23 heavy (non-hydrogen) atoms. The van der Waals surface area contributed by atoms with Crippen molar-refractivity contribution in [3.8, 4) is 0 Å². The zero-order chi connectivity index (χ0) is 17.2. The summed E-state index contributed by atoms with van der Waals surface area (Å²) in [6.07, 6.45) is -4.50. The number of alkyl halides is 3. The SMILES string of the molecule is O=C(Nc1cccc(C(F)(F)F)c1)Nc1ccc(Cl)c(Cl)c1Cl. The first-order chi connectivity index (χ1) is 10.7. The standard InChI is InChI=1S/C14H8Cl3F3N2O/c15-9-4-5-10(12(17)11(9)16)22-13(23)21-8-3-1-2-7(6-8)14(18,19)20/h1-6H,(H2,21,22,23). The van der Waals surface area contributed by atoms with Gasteiger partial charge in [-0.15, -0.1) is 0 Å². The van der Waals surface area contributed by atoms with Crippen molar-refractivity contribution in [2.45, 2.75) is 6.18 Å². The van der Waals surface area contributed by atoms with Crippen LogP contribution in [0.3, 0.4) is 0 Å². The first-order valence-corrected chi connectivity index (χ1v) is 7.20. The third-order valence-corrected chi connectivity index (χ3v) is 4.02. The molecule has 2 rings (SSSR count). The Hall–Kier alpha value is -1.63. The molecular weight excluding hydrogens is 376 g/mol. The Bertz CT molecular complexity index is 751. The summed E-state index contributed by atoms with van der Waals surface area (Å²) in [5.74, 6) is 0. The number of hydrogen-bond acceptors (Lipinski definition) is 1. The second-order valence-corrected chi connectivity index (χ2v) is 5.54. The van der Waals surface area contributed by atoms with E-state index in [4.69, 9.17) is 34.8 Å². The lowest BCUT2D eigenvalue weighted by atomic mass is 10.2. The summed E-state index contributed by atoms with van der Waals surface area (Å²) in [6.45, 7) is 0. The Morgan fingerprint density at radius 2 is 1.65 bits per heavy atom. The smallest absolute Gasteiger partial charge is 0.308 e.